The number of carbonyl (C=O) groups excluding carboxylic acids is 2. The zero-order chi connectivity index (χ0) is 12.8. The van der Waals surface area contributed by atoms with E-state index in [0.717, 1.165) is 5.56 Å². The number of ketones is 1. The van der Waals surface area contributed by atoms with Gasteiger partial charge in [-0.25, -0.2) is 0 Å². The summed E-state index contributed by atoms with van der Waals surface area (Å²) in [6, 6.07) is 7.40. The molecular formula is C14H18O3. The van der Waals surface area contributed by atoms with Gasteiger partial charge in [-0.1, -0.05) is 31.2 Å². The minimum Gasteiger partial charge on any atom is -0.466 e. The van der Waals surface area contributed by atoms with E-state index in [1.54, 1.807) is 19.9 Å². The van der Waals surface area contributed by atoms with Gasteiger partial charge in [-0.15, -0.1) is 0 Å². The van der Waals surface area contributed by atoms with E-state index in [-0.39, 0.29) is 24.1 Å². The molecular weight excluding hydrogens is 216 g/mol. The van der Waals surface area contributed by atoms with Crippen LogP contribution in [0.2, 0.25) is 0 Å². The van der Waals surface area contributed by atoms with E-state index in [1.165, 1.54) is 0 Å². The fourth-order valence-corrected chi connectivity index (χ4v) is 1.64. The highest BCUT2D eigenvalue weighted by atomic mass is 16.5. The van der Waals surface area contributed by atoms with Crippen molar-refractivity contribution >= 4 is 11.8 Å². The van der Waals surface area contributed by atoms with E-state index in [4.69, 9.17) is 4.74 Å². The molecule has 0 saturated carbocycles. The maximum atomic E-state index is 12.0. The lowest BCUT2D eigenvalue weighted by molar-refractivity contribution is -0.147. The Hall–Kier alpha value is -1.64. The first-order valence-corrected chi connectivity index (χ1v) is 5.81. The lowest BCUT2D eigenvalue weighted by Crippen LogP contribution is -2.18. The topological polar surface area (TPSA) is 43.4 Å². The van der Waals surface area contributed by atoms with E-state index in [0.29, 0.717) is 12.2 Å². The summed E-state index contributed by atoms with van der Waals surface area (Å²) in [6.07, 6.45) is 0.198. The fourth-order valence-electron chi connectivity index (χ4n) is 1.64. The highest BCUT2D eigenvalue weighted by Gasteiger charge is 2.19. The van der Waals surface area contributed by atoms with Gasteiger partial charge < -0.3 is 4.74 Å². The fraction of sp³-hybridized carbons (Fsp3) is 0.429. The minimum atomic E-state index is -0.387. The minimum absolute atomic E-state index is 0.0105. The van der Waals surface area contributed by atoms with Gasteiger partial charge in [0.15, 0.2) is 5.78 Å². The summed E-state index contributed by atoms with van der Waals surface area (Å²) in [4.78, 5) is 23.4. The van der Waals surface area contributed by atoms with Crippen LogP contribution in [0.15, 0.2) is 24.3 Å². The molecule has 92 valence electrons. The first-order valence-electron chi connectivity index (χ1n) is 5.81. The van der Waals surface area contributed by atoms with Crippen LogP contribution in [0, 0.1) is 12.8 Å². The van der Waals surface area contributed by atoms with Gasteiger partial charge in [0.05, 0.1) is 12.5 Å². The first kappa shape index (κ1) is 13.4. The summed E-state index contributed by atoms with van der Waals surface area (Å²) < 4.78 is 4.88. The molecule has 1 aromatic carbocycles. The highest BCUT2D eigenvalue weighted by molar-refractivity contribution is 5.99. The maximum absolute atomic E-state index is 12.0. The number of ether oxygens (including phenoxy) is 1. The normalized spacial score (nSPS) is 11.9. The Balaban J connectivity index is 2.67. The third kappa shape index (κ3) is 3.70. The van der Waals surface area contributed by atoms with Crippen LogP contribution in [-0.4, -0.2) is 18.4 Å². The molecule has 0 aliphatic heterocycles. The molecule has 0 aliphatic rings. The van der Waals surface area contributed by atoms with Crippen LogP contribution in [-0.2, 0) is 9.53 Å². The van der Waals surface area contributed by atoms with Gasteiger partial charge in [0.25, 0.3) is 0 Å². The predicted molar refractivity (Wildman–Crippen MR) is 65.9 cm³/mol. The Labute approximate surface area is 102 Å². The molecule has 0 amide bonds. The molecule has 1 atom stereocenters. The average molecular weight is 234 g/mol. The van der Waals surface area contributed by atoms with Crippen molar-refractivity contribution in [3.8, 4) is 0 Å². The molecule has 0 N–H and O–H groups in total. The molecule has 1 rings (SSSR count). The van der Waals surface area contributed by atoms with Gasteiger partial charge in [0, 0.05) is 12.0 Å². The molecule has 1 unspecified atom stereocenters. The highest BCUT2D eigenvalue weighted by Crippen LogP contribution is 2.14. The molecule has 0 bridgehead atoms. The predicted octanol–water partition coefficient (Wildman–Crippen LogP) is 2.77. The Morgan fingerprint density at radius 3 is 2.53 bits per heavy atom. The SMILES string of the molecule is CCOC(=O)C(C)CC(=O)c1ccccc1C. The van der Waals surface area contributed by atoms with Gasteiger partial charge in [0.2, 0.25) is 0 Å². The zero-order valence-electron chi connectivity index (χ0n) is 10.5. The zero-order valence-corrected chi connectivity index (χ0v) is 10.5. The number of benzene rings is 1. The quantitative estimate of drug-likeness (QED) is 0.581. The number of hydrogen-bond donors (Lipinski definition) is 0. The van der Waals surface area contributed by atoms with Crippen molar-refractivity contribution in [2.45, 2.75) is 27.2 Å². The number of Topliss-reactive ketones (excluding diaryl/α,β-unsaturated/α-hetero) is 1. The van der Waals surface area contributed by atoms with Gasteiger partial charge in [0.1, 0.15) is 0 Å². The van der Waals surface area contributed by atoms with Crippen LogP contribution in [0.5, 0.6) is 0 Å². The monoisotopic (exact) mass is 234 g/mol. The lowest BCUT2D eigenvalue weighted by atomic mass is 9.97. The molecule has 0 fully saturated rings. The summed E-state index contributed by atoms with van der Waals surface area (Å²) >= 11 is 0. The second-order valence-electron chi connectivity index (χ2n) is 4.10. The summed E-state index contributed by atoms with van der Waals surface area (Å²) in [5, 5.41) is 0. The number of hydrogen-bond acceptors (Lipinski definition) is 3. The standard InChI is InChI=1S/C14H18O3/c1-4-17-14(16)11(3)9-13(15)12-8-6-5-7-10(12)2/h5-8,11H,4,9H2,1-3H3. The van der Waals surface area contributed by atoms with Crippen molar-refractivity contribution in [3.63, 3.8) is 0 Å². The first-order chi connectivity index (χ1) is 8.06. The molecule has 0 radical (unpaired) electrons. The molecule has 17 heavy (non-hydrogen) atoms. The maximum Gasteiger partial charge on any atom is 0.309 e. The van der Waals surface area contributed by atoms with Crippen LogP contribution < -0.4 is 0 Å². The van der Waals surface area contributed by atoms with Crippen LogP contribution in [0.1, 0.15) is 36.2 Å². The third-order valence-corrected chi connectivity index (χ3v) is 2.63. The molecule has 0 heterocycles. The van der Waals surface area contributed by atoms with Crippen molar-refractivity contribution in [1.82, 2.24) is 0 Å². The van der Waals surface area contributed by atoms with Gasteiger partial charge in [-0.2, -0.15) is 0 Å². The molecule has 0 spiro atoms. The van der Waals surface area contributed by atoms with Crippen molar-refractivity contribution < 1.29 is 14.3 Å². The summed E-state index contributed by atoms with van der Waals surface area (Å²) in [5.41, 5.74) is 1.62. The van der Waals surface area contributed by atoms with Crippen LogP contribution in [0.4, 0.5) is 0 Å². The average Bonchev–Trinajstić information content (AvgIpc) is 2.29. The van der Waals surface area contributed by atoms with Crippen molar-refractivity contribution in [2.75, 3.05) is 6.61 Å². The van der Waals surface area contributed by atoms with Crippen molar-refractivity contribution in [2.24, 2.45) is 5.92 Å². The number of carbonyl (C=O) groups is 2. The van der Waals surface area contributed by atoms with Crippen LogP contribution in [0.3, 0.4) is 0 Å². The van der Waals surface area contributed by atoms with Crippen LogP contribution >= 0.6 is 0 Å². The lowest BCUT2D eigenvalue weighted by Gasteiger charge is -2.10. The van der Waals surface area contributed by atoms with E-state index in [2.05, 4.69) is 0 Å². The van der Waals surface area contributed by atoms with Gasteiger partial charge in [-0.05, 0) is 19.4 Å². The summed E-state index contributed by atoms with van der Waals surface area (Å²) in [7, 11) is 0. The Kier molecular flexibility index (Phi) is 4.88. The smallest absolute Gasteiger partial charge is 0.309 e. The Morgan fingerprint density at radius 2 is 1.94 bits per heavy atom. The van der Waals surface area contributed by atoms with Gasteiger partial charge in [-0.3, -0.25) is 9.59 Å². The molecule has 3 heteroatoms. The van der Waals surface area contributed by atoms with E-state index in [1.807, 2.05) is 25.1 Å². The molecule has 0 saturated heterocycles. The Morgan fingerprint density at radius 1 is 1.29 bits per heavy atom. The number of rotatable bonds is 5. The third-order valence-electron chi connectivity index (χ3n) is 2.63. The molecule has 0 aromatic heterocycles. The number of aryl methyl sites for hydroxylation is 1. The molecule has 3 nitrogen and oxygen atoms in total. The van der Waals surface area contributed by atoms with Crippen molar-refractivity contribution in [3.05, 3.63) is 35.4 Å². The number of esters is 1. The van der Waals surface area contributed by atoms with Crippen molar-refractivity contribution in [1.29, 1.82) is 0 Å². The molecule has 1 aromatic rings. The van der Waals surface area contributed by atoms with E-state index >= 15 is 0 Å². The van der Waals surface area contributed by atoms with Gasteiger partial charge >= 0.3 is 5.97 Å². The Bertz CT molecular complexity index is 410. The second-order valence-corrected chi connectivity index (χ2v) is 4.10. The summed E-state index contributed by atoms with van der Waals surface area (Å²) in [5.74, 6) is -0.708. The molecule has 0 aliphatic carbocycles. The van der Waals surface area contributed by atoms with Crippen LogP contribution in [0.25, 0.3) is 0 Å². The second kappa shape index (κ2) is 6.18. The van der Waals surface area contributed by atoms with E-state index < -0.39 is 0 Å². The van der Waals surface area contributed by atoms with E-state index in [9.17, 15) is 9.59 Å². The summed E-state index contributed by atoms with van der Waals surface area (Å²) in [6.45, 7) is 5.71. The largest absolute Gasteiger partial charge is 0.466 e.